The molecule has 3 heteroatoms. The smallest absolute Gasteiger partial charge is 0.129 e. The van der Waals surface area contributed by atoms with Gasteiger partial charge < -0.3 is 5.32 Å². The van der Waals surface area contributed by atoms with Gasteiger partial charge in [0.05, 0.1) is 0 Å². The van der Waals surface area contributed by atoms with E-state index < -0.39 is 0 Å². The van der Waals surface area contributed by atoms with Crippen LogP contribution in [0.4, 0.5) is 4.39 Å². The molecule has 1 aliphatic rings. The summed E-state index contributed by atoms with van der Waals surface area (Å²) in [5.74, 6) is 0.769. The van der Waals surface area contributed by atoms with E-state index in [1.807, 2.05) is 13.1 Å². The first-order chi connectivity index (χ1) is 7.72. The Hall–Kier alpha value is -0.410. The second kappa shape index (κ2) is 5.28. The third-order valence-electron chi connectivity index (χ3n) is 3.26. The van der Waals surface area contributed by atoms with Gasteiger partial charge in [-0.2, -0.15) is 0 Å². The van der Waals surface area contributed by atoms with E-state index in [-0.39, 0.29) is 11.9 Å². The molecular weight excluding hydrogens is 269 g/mol. The summed E-state index contributed by atoms with van der Waals surface area (Å²) in [6.45, 7) is 0. The van der Waals surface area contributed by atoms with Crippen LogP contribution in [0.3, 0.4) is 0 Å². The van der Waals surface area contributed by atoms with Gasteiger partial charge in [-0.1, -0.05) is 34.8 Å². The lowest BCUT2D eigenvalue weighted by molar-refractivity contribution is 0.478. The molecule has 0 radical (unpaired) electrons. The Labute approximate surface area is 105 Å². The van der Waals surface area contributed by atoms with Crippen molar-refractivity contribution in [3.63, 3.8) is 0 Å². The molecular formula is C13H17BrFN. The van der Waals surface area contributed by atoms with Crippen molar-refractivity contribution in [1.82, 2.24) is 5.32 Å². The van der Waals surface area contributed by atoms with Gasteiger partial charge in [0.15, 0.2) is 0 Å². The Morgan fingerprint density at radius 1 is 1.50 bits per heavy atom. The van der Waals surface area contributed by atoms with E-state index in [2.05, 4.69) is 21.2 Å². The summed E-state index contributed by atoms with van der Waals surface area (Å²) in [6, 6.07) is 5.29. The summed E-state index contributed by atoms with van der Waals surface area (Å²) < 4.78 is 14.6. The lowest BCUT2D eigenvalue weighted by Gasteiger charge is -2.18. The molecule has 0 heterocycles. The maximum absolute atomic E-state index is 13.8. The minimum atomic E-state index is -0.121. The third-order valence-corrected chi connectivity index (χ3v) is 3.95. The first-order valence-corrected chi connectivity index (χ1v) is 6.63. The standard InChI is InChI=1S/C13H17BrFN/c1-16-12(8-7-9-5-6-9)13-10(14)3-2-4-11(13)15/h2-4,9,12,16H,5-8H2,1H3. The predicted molar refractivity (Wildman–Crippen MR) is 67.9 cm³/mol. The van der Waals surface area contributed by atoms with Crippen molar-refractivity contribution >= 4 is 15.9 Å². The van der Waals surface area contributed by atoms with E-state index in [4.69, 9.17) is 0 Å². The van der Waals surface area contributed by atoms with Crippen LogP contribution in [0.15, 0.2) is 22.7 Å². The molecule has 0 spiro atoms. The van der Waals surface area contributed by atoms with Crippen LogP contribution in [0.1, 0.15) is 37.3 Å². The highest BCUT2D eigenvalue weighted by molar-refractivity contribution is 9.10. The molecule has 0 saturated heterocycles. The SMILES string of the molecule is CNC(CCC1CC1)c1c(F)cccc1Br. The van der Waals surface area contributed by atoms with Crippen LogP contribution in [0.25, 0.3) is 0 Å². The van der Waals surface area contributed by atoms with Crippen molar-refractivity contribution in [3.8, 4) is 0 Å². The van der Waals surface area contributed by atoms with Crippen LogP contribution < -0.4 is 5.32 Å². The summed E-state index contributed by atoms with van der Waals surface area (Å²) in [4.78, 5) is 0. The number of hydrogen-bond donors (Lipinski definition) is 1. The molecule has 1 atom stereocenters. The average Bonchev–Trinajstić information content (AvgIpc) is 3.06. The first-order valence-electron chi connectivity index (χ1n) is 5.83. The minimum absolute atomic E-state index is 0.121. The Morgan fingerprint density at radius 3 is 2.81 bits per heavy atom. The second-order valence-electron chi connectivity index (χ2n) is 4.50. The summed E-state index contributed by atoms with van der Waals surface area (Å²) in [5.41, 5.74) is 0.769. The lowest BCUT2D eigenvalue weighted by Crippen LogP contribution is -2.18. The normalized spacial score (nSPS) is 17.4. The fourth-order valence-electron chi connectivity index (χ4n) is 2.09. The number of nitrogens with one attached hydrogen (secondary N) is 1. The van der Waals surface area contributed by atoms with E-state index in [1.165, 1.54) is 25.3 Å². The molecule has 1 unspecified atom stereocenters. The molecule has 1 aromatic carbocycles. The quantitative estimate of drug-likeness (QED) is 0.861. The average molecular weight is 286 g/mol. The van der Waals surface area contributed by atoms with Gasteiger partial charge in [-0.3, -0.25) is 0 Å². The fraction of sp³-hybridized carbons (Fsp3) is 0.538. The Bertz CT molecular complexity index is 343. The van der Waals surface area contributed by atoms with Gasteiger partial charge in [0.25, 0.3) is 0 Å². The molecule has 16 heavy (non-hydrogen) atoms. The molecule has 88 valence electrons. The summed E-state index contributed by atoms with van der Waals surface area (Å²) >= 11 is 3.43. The summed E-state index contributed by atoms with van der Waals surface area (Å²) in [5, 5.41) is 3.21. The first kappa shape index (κ1) is 12.1. The molecule has 2 rings (SSSR count). The van der Waals surface area contributed by atoms with Crippen LogP contribution in [0.5, 0.6) is 0 Å². The topological polar surface area (TPSA) is 12.0 Å². The fourth-order valence-corrected chi connectivity index (χ4v) is 2.70. The summed E-state index contributed by atoms with van der Waals surface area (Å²) in [6.07, 6.45) is 4.93. The van der Waals surface area contributed by atoms with Crippen LogP contribution in [-0.2, 0) is 0 Å². The van der Waals surface area contributed by atoms with E-state index >= 15 is 0 Å². The van der Waals surface area contributed by atoms with E-state index in [0.717, 1.165) is 22.4 Å². The van der Waals surface area contributed by atoms with Gasteiger partial charge in [-0.05, 0) is 37.9 Å². The summed E-state index contributed by atoms with van der Waals surface area (Å²) in [7, 11) is 1.90. The maximum atomic E-state index is 13.8. The van der Waals surface area contributed by atoms with Crippen molar-refractivity contribution in [2.24, 2.45) is 5.92 Å². The van der Waals surface area contributed by atoms with Gasteiger partial charge in [0.1, 0.15) is 5.82 Å². The molecule has 1 saturated carbocycles. The van der Waals surface area contributed by atoms with E-state index in [1.54, 1.807) is 6.07 Å². The van der Waals surface area contributed by atoms with Gasteiger partial charge >= 0.3 is 0 Å². The third kappa shape index (κ3) is 2.83. The van der Waals surface area contributed by atoms with Crippen molar-refractivity contribution in [1.29, 1.82) is 0 Å². The van der Waals surface area contributed by atoms with Gasteiger partial charge in [0, 0.05) is 16.1 Å². The van der Waals surface area contributed by atoms with Gasteiger partial charge in [0.2, 0.25) is 0 Å². The van der Waals surface area contributed by atoms with Crippen molar-refractivity contribution in [3.05, 3.63) is 34.1 Å². The second-order valence-corrected chi connectivity index (χ2v) is 5.35. The lowest BCUT2D eigenvalue weighted by atomic mass is 10.00. The van der Waals surface area contributed by atoms with Crippen molar-refractivity contribution < 1.29 is 4.39 Å². The van der Waals surface area contributed by atoms with Gasteiger partial charge in [-0.15, -0.1) is 0 Å². The zero-order valence-corrected chi connectivity index (χ0v) is 11.1. The molecule has 0 aromatic heterocycles. The number of halogens is 2. The number of rotatable bonds is 5. The Kier molecular flexibility index (Phi) is 3.98. The number of benzene rings is 1. The monoisotopic (exact) mass is 285 g/mol. The Balaban J connectivity index is 2.11. The molecule has 1 aromatic rings. The molecule has 1 aliphatic carbocycles. The van der Waals surface area contributed by atoms with Crippen molar-refractivity contribution in [2.45, 2.75) is 31.7 Å². The number of hydrogen-bond acceptors (Lipinski definition) is 1. The maximum Gasteiger partial charge on any atom is 0.129 e. The molecule has 0 amide bonds. The molecule has 0 bridgehead atoms. The largest absolute Gasteiger partial charge is 0.313 e. The van der Waals surface area contributed by atoms with Crippen molar-refractivity contribution in [2.75, 3.05) is 7.05 Å². The molecule has 0 aliphatic heterocycles. The van der Waals surface area contributed by atoms with Crippen LogP contribution >= 0.6 is 15.9 Å². The minimum Gasteiger partial charge on any atom is -0.313 e. The highest BCUT2D eigenvalue weighted by atomic mass is 79.9. The van der Waals surface area contributed by atoms with Crippen LogP contribution in [0, 0.1) is 11.7 Å². The van der Waals surface area contributed by atoms with Crippen LogP contribution in [-0.4, -0.2) is 7.05 Å². The predicted octanol–water partition coefficient (Wildman–Crippen LogP) is 4.04. The molecule has 1 nitrogen and oxygen atoms in total. The van der Waals surface area contributed by atoms with Gasteiger partial charge in [-0.25, -0.2) is 4.39 Å². The molecule has 1 N–H and O–H groups in total. The van der Waals surface area contributed by atoms with Crippen LogP contribution in [0.2, 0.25) is 0 Å². The zero-order chi connectivity index (χ0) is 11.5. The zero-order valence-electron chi connectivity index (χ0n) is 9.47. The van der Waals surface area contributed by atoms with E-state index in [0.29, 0.717) is 0 Å². The highest BCUT2D eigenvalue weighted by Crippen LogP contribution is 2.37. The Morgan fingerprint density at radius 2 is 2.25 bits per heavy atom. The van der Waals surface area contributed by atoms with E-state index in [9.17, 15) is 4.39 Å². The molecule has 1 fully saturated rings. The highest BCUT2D eigenvalue weighted by Gasteiger charge is 2.24.